The highest BCUT2D eigenvalue weighted by molar-refractivity contribution is 5.28. The van der Waals surface area contributed by atoms with Gasteiger partial charge in [-0.1, -0.05) is 24.3 Å². The van der Waals surface area contributed by atoms with Crippen molar-refractivity contribution < 1.29 is 19.0 Å². The van der Waals surface area contributed by atoms with Crippen LogP contribution in [0.1, 0.15) is 30.7 Å². The second kappa shape index (κ2) is 10.8. The van der Waals surface area contributed by atoms with Crippen molar-refractivity contribution in [2.45, 2.75) is 44.9 Å². The highest BCUT2D eigenvalue weighted by Gasteiger charge is 2.33. The van der Waals surface area contributed by atoms with Crippen molar-refractivity contribution in [3.63, 3.8) is 0 Å². The van der Waals surface area contributed by atoms with Crippen molar-refractivity contribution in [1.29, 1.82) is 0 Å². The molecule has 1 saturated heterocycles. The quantitative estimate of drug-likeness (QED) is 0.466. The zero-order valence-corrected chi connectivity index (χ0v) is 19.1. The van der Waals surface area contributed by atoms with Gasteiger partial charge in [0.1, 0.15) is 23.8 Å². The van der Waals surface area contributed by atoms with Crippen LogP contribution < -0.4 is 9.47 Å². The van der Waals surface area contributed by atoms with E-state index >= 15 is 0 Å². The summed E-state index contributed by atoms with van der Waals surface area (Å²) in [6.45, 7) is 5.96. The summed E-state index contributed by atoms with van der Waals surface area (Å²) < 4.78 is 27.4. The fourth-order valence-electron chi connectivity index (χ4n) is 4.10. The molecule has 0 spiro atoms. The van der Waals surface area contributed by atoms with Gasteiger partial charge in [0.2, 0.25) is 0 Å². The number of aryl methyl sites for hydroxylation is 2. The second-order valence-corrected chi connectivity index (χ2v) is 8.74. The monoisotopic (exact) mass is 453 g/mol. The van der Waals surface area contributed by atoms with Crippen molar-refractivity contribution in [3.8, 4) is 11.5 Å². The molecule has 0 bridgehead atoms. The van der Waals surface area contributed by atoms with Crippen molar-refractivity contribution in [3.05, 3.63) is 78.1 Å². The first-order valence-electron chi connectivity index (χ1n) is 11.5. The van der Waals surface area contributed by atoms with Gasteiger partial charge in [-0.2, -0.15) is 0 Å². The first-order chi connectivity index (χ1) is 16.0. The normalized spacial score (nSPS) is 16.0. The third-order valence-electron chi connectivity index (χ3n) is 6.16. The molecule has 1 N–H and O–H groups in total. The number of piperidine rings is 1. The summed E-state index contributed by atoms with van der Waals surface area (Å²) in [5.41, 5.74) is 0.253. The minimum Gasteiger partial charge on any atom is -0.494 e. The zero-order valence-electron chi connectivity index (χ0n) is 19.1. The van der Waals surface area contributed by atoms with Crippen LogP contribution in [0, 0.1) is 12.7 Å². The molecule has 1 aliphatic heterocycles. The number of aliphatic hydroxyl groups is 1. The number of benzene rings is 2. The van der Waals surface area contributed by atoms with Crippen molar-refractivity contribution in [1.82, 2.24) is 14.5 Å². The van der Waals surface area contributed by atoms with Crippen LogP contribution in [-0.4, -0.2) is 51.5 Å². The molecule has 0 atom stereocenters. The summed E-state index contributed by atoms with van der Waals surface area (Å²) in [5, 5.41) is 10.9. The average Bonchev–Trinajstić information content (AvgIpc) is 3.23. The lowest BCUT2D eigenvalue weighted by Gasteiger charge is -2.38. The van der Waals surface area contributed by atoms with E-state index in [1.54, 1.807) is 18.2 Å². The molecule has 1 aliphatic rings. The Morgan fingerprint density at radius 1 is 1.09 bits per heavy atom. The molecule has 0 aliphatic carbocycles. The van der Waals surface area contributed by atoms with Gasteiger partial charge in [-0.3, -0.25) is 4.90 Å². The Morgan fingerprint density at radius 2 is 1.91 bits per heavy atom. The molecular formula is C26H32FN3O3. The maximum Gasteiger partial charge on any atom is 0.165 e. The van der Waals surface area contributed by atoms with E-state index in [9.17, 15) is 9.50 Å². The Balaban J connectivity index is 1.20. The number of hydrogen-bond acceptors (Lipinski definition) is 5. The number of para-hydroxylation sites is 1. The molecule has 2 heterocycles. The first kappa shape index (κ1) is 23.3. The summed E-state index contributed by atoms with van der Waals surface area (Å²) in [4.78, 5) is 6.55. The van der Waals surface area contributed by atoms with E-state index in [0.29, 0.717) is 19.4 Å². The highest BCUT2D eigenvalue weighted by Crippen LogP contribution is 2.26. The number of aromatic nitrogens is 2. The molecule has 0 amide bonds. The van der Waals surface area contributed by atoms with E-state index in [4.69, 9.17) is 9.47 Å². The van der Waals surface area contributed by atoms with E-state index < -0.39 is 11.4 Å². The van der Waals surface area contributed by atoms with Crippen LogP contribution in [0.4, 0.5) is 4.39 Å². The van der Waals surface area contributed by atoms with Gasteiger partial charge in [0, 0.05) is 38.6 Å². The number of ether oxygens (including phenoxy) is 2. The Labute approximate surface area is 194 Å². The predicted octanol–water partition coefficient (Wildman–Crippen LogP) is 4.21. The minimum atomic E-state index is -0.933. The molecule has 176 valence electrons. The zero-order chi connectivity index (χ0) is 23.1. The summed E-state index contributed by atoms with van der Waals surface area (Å²) in [7, 11) is 0. The lowest BCUT2D eigenvalue weighted by molar-refractivity contribution is -0.0543. The SMILES string of the molecule is Cc1nccn1CCCOc1cccc(CN2CCC(O)(COc3ccccc3F)CC2)c1. The first-order valence-corrected chi connectivity index (χ1v) is 11.5. The summed E-state index contributed by atoms with van der Waals surface area (Å²) in [6.07, 6.45) is 5.90. The van der Waals surface area contributed by atoms with Gasteiger partial charge in [-0.05, 0) is 56.0 Å². The van der Waals surface area contributed by atoms with Crippen molar-refractivity contribution in [2.75, 3.05) is 26.3 Å². The molecular weight excluding hydrogens is 421 g/mol. The standard InChI is InChI=1S/C26H32FN3O3/c1-21-28-12-16-30(21)13-5-17-32-23-7-4-6-22(18-23)19-29-14-10-26(31,11-15-29)20-33-25-9-3-2-8-24(25)27/h2-4,6-9,12,16,18,31H,5,10-11,13-15,17,19-20H2,1H3. The molecule has 6 nitrogen and oxygen atoms in total. The largest absolute Gasteiger partial charge is 0.494 e. The molecule has 3 aromatic rings. The number of likely N-dealkylation sites (tertiary alicyclic amines) is 1. The molecule has 0 unspecified atom stereocenters. The van der Waals surface area contributed by atoms with Crippen LogP contribution in [0.5, 0.6) is 11.5 Å². The summed E-state index contributed by atoms with van der Waals surface area (Å²) in [6, 6.07) is 14.5. The van der Waals surface area contributed by atoms with Crippen LogP contribution in [-0.2, 0) is 13.1 Å². The molecule has 33 heavy (non-hydrogen) atoms. The molecule has 0 saturated carbocycles. The van der Waals surface area contributed by atoms with Crippen molar-refractivity contribution in [2.24, 2.45) is 0 Å². The van der Waals surface area contributed by atoms with Gasteiger partial charge in [0.15, 0.2) is 11.6 Å². The molecule has 1 fully saturated rings. The topological polar surface area (TPSA) is 59.8 Å². The molecule has 2 aromatic carbocycles. The third kappa shape index (κ3) is 6.55. The lowest BCUT2D eigenvalue weighted by atomic mass is 9.92. The van der Waals surface area contributed by atoms with E-state index in [1.807, 2.05) is 31.5 Å². The number of hydrogen-bond donors (Lipinski definition) is 1. The molecule has 4 rings (SSSR count). The second-order valence-electron chi connectivity index (χ2n) is 8.74. The summed E-state index contributed by atoms with van der Waals surface area (Å²) >= 11 is 0. The van der Waals surface area contributed by atoms with Crippen LogP contribution in [0.3, 0.4) is 0 Å². The number of imidazole rings is 1. The Bertz CT molecular complexity index is 1030. The van der Waals surface area contributed by atoms with Gasteiger partial charge in [0.25, 0.3) is 0 Å². The average molecular weight is 454 g/mol. The Morgan fingerprint density at radius 3 is 2.67 bits per heavy atom. The lowest BCUT2D eigenvalue weighted by Crippen LogP contribution is -2.47. The van der Waals surface area contributed by atoms with Crippen LogP contribution in [0.25, 0.3) is 0 Å². The van der Waals surface area contributed by atoms with Crippen molar-refractivity contribution >= 4 is 0 Å². The predicted molar refractivity (Wildman–Crippen MR) is 125 cm³/mol. The molecule has 7 heteroatoms. The molecule has 0 radical (unpaired) electrons. The van der Waals surface area contributed by atoms with Gasteiger partial charge in [0.05, 0.1) is 6.61 Å². The minimum absolute atomic E-state index is 0.101. The van der Waals surface area contributed by atoms with Crippen LogP contribution >= 0.6 is 0 Å². The fraction of sp³-hybridized carbons (Fsp3) is 0.423. The number of halogens is 1. The van der Waals surface area contributed by atoms with Crippen LogP contribution in [0.15, 0.2) is 60.9 Å². The molecule has 1 aromatic heterocycles. The van der Waals surface area contributed by atoms with E-state index in [1.165, 1.54) is 11.6 Å². The third-order valence-corrected chi connectivity index (χ3v) is 6.16. The number of nitrogens with zero attached hydrogens (tertiary/aromatic N) is 3. The van der Waals surface area contributed by atoms with Gasteiger partial charge < -0.3 is 19.1 Å². The van der Waals surface area contributed by atoms with Gasteiger partial charge in [-0.15, -0.1) is 0 Å². The maximum atomic E-state index is 13.8. The Kier molecular flexibility index (Phi) is 7.62. The van der Waals surface area contributed by atoms with Gasteiger partial charge >= 0.3 is 0 Å². The van der Waals surface area contributed by atoms with Gasteiger partial charge in [-0.25, -0.2) is 9.37 Å². The van der Waals surface area contributed by atoms with E-state index in [-0.39, 0.29) is 12.4 Å². The van der Waals surface area contributed by atoms with Crippen LogP contribution in [0.2, 0.25) is 0 Å². The summed E-state index contributed by atoms with van der Waals surface area (Å²) in [5.74, 6) is 1.67. The maximum absolute atomic E-state index is 13.8. The smallest absolute Gasteiger partial charge is 0.165 e. The van der Waals surface area contributed by atoms with E-state index in [0.717, 1.165) is 44.2 Å². The highest BCUT2D eigenvalue weighted by atomic mass is 19.1. The van der Waals surface area contributed by atoms with E-state index in [2.05, 4.69) is 26.6 Å². The Hall–Kier alpha value is -2.90. The fourth-order valence-corrected chi connectivity index (χ4v) is 4.10. The number of rotatable bonds is 10.